The minimum absolute atomic E-state index is 0.0484. The van der Waals surface area contributed by atoms with Gasteiger partial charge in [0.1, 0.15) is 0 Å². The van der Waals surface area contributed by atoms with Crippen LogP contribution in [0.2, 0.25) is 0 Å². The predicted octanol–water partition coefficient (Wildman–Crippen LogP) is 3.94. The normalized spacial score (nSPS) is 19.3. The lowest BCUT2D eigenvalue weighted by atomic mass is 9.91. The molecule has 1 amide bonds. The summed E-state index contributed by atoms with van der Waals surface area (Å²) in [7, 11) is 0. The van der Waals surface area contributed by atoms with Gasteiger partial charge in [-0.15, -0.1) is 0 Å². The van der Waals surface area contributed by atoms with Gasteiger partial charge in [-0.1, -0.05) is 50.6 Å². The number of hydrogen-bond donors (Lipinski definition) is 0. The third-order valence-electron chi connectivity index (χ3n) is 4.02. The van der Waals surface area contributed by atoms with Gasteiger partial charge in [-0.3, -0.25) is 4.79 Å². The van der Waals surface area contributed by atoms with E-state index in [1.807, 2.05) is 4.90 Å². The van der Waals surface area contributed by atoms with Gasteiger partial charge < -0.3 is 9.64 Å². The third-order valence-corrected chi connectivity index (χ3v) is 4.02. The van der Waals surface area contributed by atoms with E-state index < -0.39 is 0 Å². The molecule has 2 rings (SSSR count). The smallest absolute Gasteiger partial charge is 0.223 e. The first-order valence-corrected chi connectivity index (χ1v) is 8.28. The second kappa shape index (κ2) is 7.28. The van der Waals surface area contributed by atoms with Crippen LogP contribution in [-0.4, -0.2) is 30.0 Å². The Bertz CT molecular complexity index is 487. The first-order chi connectivity index (χ1) is 10.3. The quantitative estimate of drug-likeness (QED) is 0.843. The van der Waals surface area contributed by atoms with E-state index >= 15 is 0 Å². The second-order valence-electron chi connectivity index (χ2n) is 7.64. The summed E-state index contributed by atoms with van der Waals surface area (Å²) in [5.41, 5.74) is 2.51. The van der Waals surface area contributed by atoms with Crippen molar-refractivity contribution in [2.24, 2.45) is 5.41 Å². The molecule has 1 fully saturated rings. The number of amides is 1. The van der Waals surface area contributed by atoms with Crippen LogP contribution in [0.5, 0.6) is 0 Å². The molecule has 0 radical (unpaired) electrons. The largest absolute Gasteiger partial charge is 0.372 e. The molecule has 122 valence electrons. The molecule has 1 atom stereocenters. The van der Waals surface area contributed by atoms with Gasteiger partial charge in [-0.2, -0.15) is 0 Å². The number of likely N-dealkylation sites (tertiary alicyclic amines) is 1. The Kier molecular flexibility index (Phi) is 5.63. The van der Waals surface area contributed by atoms with Crippen LogP contribution >= 0.6 is 0 Å². The molecule has 22 heavy (non-hydrogen) atoms. The summed E-state index contributed by atoms with van der Waals surface area (Å²) in [4.78, 5) is 14.3. The van der Waals surface area contributed by atoms with Crippen molar-refractivity contribution in [3.8, 4) is 0 Å². The number of rotatable bonds is 4. The van der Waals surface area contributed by atoms with E-state index in [2.05, 4.69) is 52.0 Å². The standard InChI is InChI=1S/C19H29NO2/c1-15-7-9-16(10-8-15)14-22-17-6-5-11-20(13-17)18(21)12-19(2,3)4/h7-10,17H,5-6,11-14H2,1-4H3/t17-/m0/s1. The minimum atomic E-state index is 0.0484. The van der Waals surface area contributed by atoms with Gasteiger partial charge in [-0.05, 0) is 30.7 Å². The highest BCUT2D eigenvalue weighted by molar-refractivity contribution is 5.76. The van der Waals surface area contributed by atoms with Gasteiger partial charge in [0.25, 0.3) is 0 Å². The number of ether oxygens (including phenoxy) is 1. The van der Waals surface area contributed by atoms with Crippen molar-refractivity contribution in [1.29, 1.82) is 0 Å². The van der Waals surface area contributed by atoms with Crippen molar-refractivity contribution in [3.63, 3.8) is 0 Å². The van der Waals surface area contributed by atoms with E-state index in [4.69, 9.17) is 4.74 Å². The highest BCUT2D eigenvalue weighted by Crippen LogP contribution is 2.22. The molecule has 0 bridgehead atoms. The van der Waals surface area contributed by atoms with Crippen molar-refractivity contribution >= 4 is 5.91 Å². The first kappa shape index (κ1) is 17.0. The molecule has 1 saturated heterocycles. The maximum atomic E-state index is 12.3. The topological polar surface area (TPSA) is 29.5 Å². The Morgan fingerprint density at radius 2 is 1.95 bits per heavy atom. The number of nitrogens with zero attached hydrogens (tertiary/aromatic N) is 1. The van der Waals surface area contributed by atoms with Crippen molar-refractivity contribution in [3.05, 3.63) is 35.4 Å². The van der Waals surface area contributed by atoms with Crippen molar-refractivity contribution in [2.45, 2.75) is 59.7 Å². The second-order valence-corrected chi connectivity index (χ2v) is 7.64. The number of carbonyl (C=O) groups is 1. The van der Waals surface area contributed by atoms with Crippen LogP contribution in [0.15, 0.2) is 24.3 Å². The van der Waals surface area contributed by atoms with Crippen LogP contribution in [0.25, 0.3) is 0 Å². The number of benzene rings is 1. The highest BCUT2D eigenvalue weighted by atomic mass is 16.5. The van der Waals surface area contributed by atoms with Gasteiger partial charge >= 0.3 is 0 Å². The van der Waals surface area contributed by atoms with Crippen LogP contribution < -0.4 is 0 Å². The third kappa shape index (κ3) is 5.45. The van der Waals surface area contributed by atoms with E-state index in [1.165, 1.54) is 11.1 Å². The number of carbonyl (C=O) groups excluding carboxylic acids is 1. The molecule has 1 aliphatic heterocycles. The molecule has 1 aliphatic rings. The summed E-state index contributed by atoms with van der Waals surface area (Å²) < 4.78 is 6.03. The summed E-state index contributed by atoms with van der Waals surface area (Å²) in [6.45, 7) is 10.7. The SMILES string of the molecule is Cc1ccc(CO[C@H]2CCCN(C(=O)CC(C)(C)C)C2)cc1. The maximum Gasteiger partial charge on any atom is 0.223 e. The molecule has 0 aromatic heterocycles. The average Bonchev–Trinajstić information content (AvgIpc) is 2.45. The van der Waals surface area contributed by atoms with E-state index in [-0.39, 0.29) is 17.4 Å². The Morgan fingerprint density at radius 1 is 1.27 bits per heavy atom. The molecule has 3 nitrogen and oxygen atoms in total. The fraction of sp³-hybridized carbons (Fsp3) is 0.632. The molecule has 1 aromatic carbocycles. The fourth-order valence-corrected chi connectivity index (χ4v) is 2.76. The molecule has 0 N–H and O–H groups in total. The fourth-order valence-electron chi connectivity index (χ4n) is 2.76. The van der Waals surface area contributed by atoms with Gasteiger partial charge in [0, 0.05) is 19.5 Å². The molecule has 3 heteroatoms. The molecule has 1 heterocycles. The van der Waals surface area contributed by atoms with Crippen molar-refractivity contribution in [1.82, 2.24) is 4.90 Å². The Morgan fingerprint density at radius 3 is 2.59 bits per heavy atom. The van der Waals surface area contributed by atoms with Crippen molar-refractivity contribution < 1.29 is 9.53 Å². The lowest BCUT2D eigenvalue weighted by Crippen LogP contribution is -2.44. The van der Waals surface area contributed by atoms with Crippen molar-refractivity contribution in [2.75, 3.05) is 13.1 Å². The summed E-state index contributed by atoms with van der Waals surface area (Å²) in [5, 5.41) is 0. The highest BCUT2D eigenvalue weighted by Gasteiger charge is 2.26. The zero-order valence-corrected chi connectivity index (χ0v) is 14.4. The summed E-state index contributed by atoms with van der Waals surface area (Å²) in [5.74, 6) is 0.260. The first-order valence-electron chi connectivity index (χ1n) is 8.28. The molecule has 0 spiro atoms. The van der Waals surface area contributed by atoms with Gasteiger partial charge in [0.2, 0.25) is 5.91 Å². The average molecular weight is 303 g/mol. The van der Waals surface area contributed by atoms with Gasteiger partial charge in [-0.25, -0.2) is 0 Å². The zero-order chi connectivity index (χ0) is 16.2. The molecule has 0 unspecified atom stereocenters. The summed E-state index contributed by atoms with van der Waals surface area (Å²) >= 11 is 0. The molecular weight excluding hydrogens is 274 g/mol. The maximum absolute atomic E-state index is 12.3. The van der Waals surface area contributed by atoms with E-state index in [0.717, 1.165) is 25.9 Å². The molecular formula is C19H29NO2. The number of piperidine rings is 1. The Balaban J connectivity index is 1.82. The minimum Gasteiger partial charge on any atom is -0.372 e. The van der Waals surface area contributed by atoms with Gasteiger partial charge in [0.05, 0.1) is 12.7 Å². The number of hydrogen-bond acceptors (Lipinski definition) is 2. The summed E-state index contributed by atoms with van der Waals surface area (Å²) in [6, 6.07) is 8.44. The molecule has 0 saturated carbocycles. The van der Waals surface area contributed by atoms with Crippen LogP contribution in [0.1, 0.15) is 51.2 Å². The van der Waals surface area contributed by atoms with Crippen LogP contribution in [-0.2, 0) is 16.1 Å². The lowest BCUT2D eigenvalue weighted by Gasteiger charge is -2.34. The van der Waals surface area contributed by atoms with Crippen LogP contribution in [0.4, 0.5) is 0 Å². The number of aryl methyl sites for hydroxylation is 1. The van der Waals surface area contributed by atoms with Gasteiger partial charge in [0.15, 0.2) is 0 Å². The van der Waals surface area contributed by atoms with E-state index in [0.29, 0.717) is 13.0 Å². The van der Waals surface area contributed by atoms with Crippen LogP contribution in [0.3, 0.4) is 0 Å². The molecule has 1 aromatic rings. The van der Waals surface area contributed by atoms with Crippen LogP contribution in [0, 0.1) is 12.3 Å². The predicted molar refractivity (Wildman–Crippen MR) is 89.6 cm³/mol. The van der Waals surface area contributed by atoms with E-state index in [9.17, 15) is 4.79 Å². The zero-order valence-electron chi connectivity index (χ0n) is 14.4. The monoisotopic (exact) mass is 303 g/mol. The lowest BCUT2D eigenvalue weighted by molar-refractivity contribution is -0.137. The Labute approximate surface area is 134 Å². The Hall–Kier alpha value is -1.35. The summed E-state index contributed by atoms with van der Waals surface area (Å²) in [6.07, 6.45) is 2.86. The molecule has 0 aliphatic carbocycles. The van der Waals surface area contributed by atoms with E-state index in [1.54, 1.807) is 0 Å².